The van der Waals surface area contributed by atoms with Crippen molar-refractivity contribution in [3.8, 4) is 0 Å². The number of anilines is 1. The van der Waals surface area contributed by atoms with E-state index < -0.39 is 11.4 Å². The lowest BCUT2D eigenvalue weighted by atomic mass is 9.92. The van der Waals surface area contributed by atoms with E-state index in [1.54, 1.807) is 19.2 Å². The van der Waals surface area contributed by atoms with Gasteiger partial charge in [-0.1, -0.05) is 0 Å². The lowest BCUT2D eigenvalue weighted by Crippen LogP contribution is -2.39. The van der Waals surface area contributed by atoms with Gasteiger partial charge in [-0.15, -0.1) is 0 Å². The molecule has 2 N–H and O–H groups in total. The summed E-state index contributed by atoms with van der Waals surface area (Å²) in [7, 11) is 2.91. The number of amides is 1. The van der Waals surface area contributed by atoms with Crippen LogP contribution >= 0.6 is 0 Å². The molecule has 0 aliphatic heterocycles. The number of nitrogens with zero attached hydrogens (tertiary/aromatic N) is 1. The molecule has 0 unspecified atom stereocenters. The van der Waals surface area contributed by atoms with Crippen molar-refractivity contribution >= 4 is 17.6 Å². The number of hydrogen-bond acceptors (Lipinski definition) is 5. The zero-order valence-electron chi connectivity index (χ0n) is 11.6. The molecule has 1 aromatic rings. The lowest BCUT2D eigenvalue weighted by Gasteiger charge is -2.23. The highest BCUT2D eigenvalue weighted by molar-refractivity contribution is 5.88. The minimum Gasteiger partial charge on any atom is -0.464 e. The van der Waals surface area contributed by atoms with Crippen LogP contribution in [0.25, 0.3) is 0 Å². The largest absolute Gasteiger partial charge is 0.464 e. The van der Waals surface area contributed by atoms with E-state index in [4.69, 9.17) is 0 Å². The summed E-state index contributed by atoms with van der Waals surface area (Å²) in [5.74, 6) is -0.545. The van der Waals surface area contributed by atoms with Gasteiger partial charge in [0.15, 0.2) is 0 Å². The van der Waals surface area contributed by atoms with Crippen LogP contribution in [0.5, 0.6) is 0 Å². The molecule has 1 aromatic heterocycles. The number of rotatable bonds is 5. The van der Waals surface area contributed by atoms with Crippen molar-refractivity contribution in [2.75, 3.05) is 26.0 Å². The fourth-order valence-corrected chi connectivity index (χ4v) is 1.50. The highest BCUT2D eigenvalue weighted by atomic mass is 16.5. The summed E-state index contributed by atoms with van der Waals surface area (Å²) in [4.78, 5) is 26.9. The molecule has 0 aliphatic carbocycles. The third kappa shape index (κ3) is 3.94. The van der Waals surface area contributed by atoms with Crippen molar-refractivity contribution in [2.24, 2.45) is 5.41 Å². The van der Waals surface area contributed by atoms with Gasteiger partial charge in [-0.3, -0.25) is 4.79 Å². The number of esters is 1. The Bertz CT molecular complexity index is 472. The van der Waals surface area contributed by atoms with Gasteiger partial charge in [0.2, 0.25) is 5.91 Å². The standard InChI is InChI=1S/C13H19N3O3/c1-13(2,12(18)14-3)8-16-9-5-6-15-10(7-9)11(17)19-4/h5-7H,8H2,1-4H3,(H,14,18)(H,15,16). The van der Waals surface area contributed by atoms with E-state index in [9.17, 15) is 9.59 Å². The van der Waals surface area contributed by atoms with Crippen molar-refractivity contribution in [1.82, 2.24) is 10.3 Å². The van der Waals surface area contributed by atoms with Gasteiger partial charge in [0, 0.05) is 25.5 Å². The molecule has 0 aliphatic rings. The van der Waals surface area contributed by atoms with E-state index in [0.29, 0.717) is 12.2 Å². The molecule has 104 valence electrons. The van der Waals surface area contributed by atoms with Crippen molar-refractivity contribution in [1.29, 1.82) is 0 Å². The summed E-state index contributed by atoms with van der Waals surface area (Å²) >= 11 is 0. The number of carbonyl (C=O) groups excluding carboxylic acids is 2. The highest BCUT2D eigenvalue weighted by Gasteiger charge is 2.26. The Balaban J connectivity index is 2.73. The first-order valence-electron chi connectivity index (χ1n) is 5.91. The van der Waals surface area contributed by atoms with Crippen LogP contribution in [0.4, 0.5) is 5.69 Å². The lowest BCUT2D eigenvalue weighted by molar-refractivity contribution is -0.128. The van der Waals surface area contributed by atoms with E-state index in [0.717, 1.165) is 0 Å². The maximum Gasteiger partial charge on any atom is 0.356 e. The van der Waals surface area contributed by atoms with E-state index in [2.05, 4.69) is 20.4 Å². The SMILES string of the molecule is CNC(=O)C(C)(C)CNc1ccnc(C(=O)OC)c1. The summed E-state index contributed by atoms with van der Waals surface area (Å²) in [5, 5.41) is 5.73. The van der Waals surface area contributed by atoms with Gasteiger partial charge in [-0.05, 0) is 26.0 Å². The van der Waals surface area contributed by atoms with Crippen LogP contribution in [-0.2, 0) is 9.53 Å². The van der Waals surface area contributed by atoms with Crippen LogP contribution in [-0.4, -0.2) is 37.6 Å². The first-order chi connectivity index (χ1) is 8.90. The third-order valence-corrected chi connectivity index (χ3v) is 2.73. The molecule has 1 rings (SSSR count). The number of ether oxygens (including phenoxy) is 1. The average molecular weight is 265 g/mol. The molecule has 0 fully saturated rings. The van der Waals surface area contributed by atoms with Crippen molar-refractivity contribution < 1.29 is 14.3 Å². The molecule has 6 nitrogen and oxygen atoms in total. The van der Waals surface area contributed by atoms with Crippen LogP contribution < -0.4 is 10.6 Å². The Hall–Kier alpha value is -2.11. The molecule has 0 aromatic carbocycles. The fourth-order valence-electron chi connectivity index (χ4n) is 1.50. The summed E-state index contributed by atoms with van der Waals surface area (Å²) in [6, 6.07) is 3.32. The Morgan fingerprint density at radius 2 is 2.11 bits per heavy atom. The molecule has 0 radical (unpaired) electrons. The predicted octanol–water partition coefficient (Wildman–Crippen LogP) is 1.05. The Labute approximate surface area is 112 Å². The quantitative estimate of drug-likeness (QED) is 0.778. The summed E-state index contributed by atoms with van der Waals surface area (Å²) in [6.07, 6.45) is 1.52. The molecule has 6 heteroatoms. The Morgan fingerprint density at radius 1 is 1.42 bits per heavy atom. The van der Waals surface area contributed by atoms with Crippen molar-refractivity contribution in [3.63, 3.8) is 0 Å². The Morgan fingerprint density at radius 3 is 2.68 bits per heavy atom. The number of pyridine rings is 1. The van der Waals surface area contributed by atoms with Gasteiger partial charge in [-0.2, -0.15) is 0 Å². The normalized spacial score (nSPS) is 10.7. The van der Waals surface area contributed by atoms with E-state index in [1.165, 1.54) is 13.3 Å². The summed E-state index contributed by atoms with van der Waals surface area (Å²) < 4.78 is 4.60. The minimum absolute atomic E-state index is 0.0535. The van der Waals surface area contributed by atoms with Crippen molar-refractivity contribution in [3.05, 3.63) is 24.0 Å². The highest BCUT2D eigenvalue weighted by Crippen LogP contribution is 2.17. The topological polar surface area (TPSA) is 80.3 Å². The van der Waals surface area contributed by atoms with Gasteiger partial charge in [0.1, 0.15) is 5.69 Å². The Kier molecular flexibility index (Phi) is 4.86. The first-order valence-corrected chi connectivity index (χ1v) is 5.91. The molecule has 0 atom stereocenters. The maximum absolute atomic E-state index is 11.6. The molecule has 0 saturated heterocycles. The number of methoxy groups -OCH3 is 1. The molecule has 1 heterocycles. The average Bonchev–Trinajstić information content (AvgIpc) is 2.43. The second-order valence-electron chi connectivity index (χ2n) is 4.74. The van der Waals surface area contributed by atoms with Gasteiger partial charge in [0.25, 0.3) is 0 Å². The van der Waals surface area contributed by atoms with Gasteiger partial charge >= 0.3 is 5.97 Å². The van der Waals surface area contributed by atoms with E-state index >= 15 is 0 Å². The zero-order chi connectivity index (χ0) is 14.5. The fraction of sp³-hybridized carbons (Fsp3) is 0.462. The second kappa shape index (κ2) is 6.17. The number of aromatic nitrogens is 1. The van der Waals surface area contributed by atoms with Crippen LogP contribution in [0.3, 0.4) is 0 Å². The maximum atomic E-state index is 11.6. The van der Waals surface area contributed by atoms with E-state index in [-0.39, 0.29) is 11.6 Å². The molecular weight excluding hydrogens is 246 g/mol. The monoisotopic (exact) mass is 265 g/mol. The molecule has 1 amide bonds. The summed E-state index contributed by atoms with van der Waals surface area (Å²) in [6.45, 7) is 4.11. The van der Waals surface area contributed by atoms with Crippen LogP contribution in [0, 0.1) is 5.41 Å². The first kappa shape index (κ1) is 14.9. The minimum atomic E-state index is -0.552. The summed E-state index contributed by atoms with van der Waals surface area (Å²) in [5.41, 5.74) is 0.390. The molecule has 0 bridgehead atoms. The van der Waals surface area contributed by atoms with Crippen LogP contribution in [0.1, 0.15) is 24.3 Å². The predicted molar refractivity (Wildman–Crippen MR) is 71.9 cm³/mol. The van der Waals surface area contributed by atoms with Gasteiger partial charge < -0.3 is 15.4 Å². The number of hydrogen-bond donors (Lipinski definition) is 2. The molecule has 0 saturated carbocycles. The third-order valence-electron chi connectivity index (χ3n) is 2.73. The second-order valence-corrected chi connectivity index (χ2v) is 4.74. The number of nitrogens with one attached hydrogen (secondary N) is 2. The van der Waals surface area contributed by atoms with Crippen LogP contribution in [0.15, 0.2) is 18.3 Å². The zero-order valence-corrected chi connectivity index (χ0v) is 11.6. The number of carbonyl (C=O) groups is 2. The molecule has 0 spiro atoms. The van der Waals surface area contributed by atoms with Gasteiger partial charge in [0.05, 0.1) is 12.5 Å². The molecular formula is C13H19N3O3. The van der Waals surface area contributed by atoms with Crippen molar-refractivity contribution in [2.45, 2.75) is 13.8 Å². The van der Waals surface area contributed by atoms with Gasteiger partial charge in [-0.25, -0.2) is 9.78 Å². The van der Waals surface area contributed by atoms with E-state index in [1.807, 2.05) is 13.8 Å². The molecule has 19 heavy (non-hydrogen) atoms. The smallest absolute Gasteiger partial charge is 0.356 e. The van der Waals surface area contributed by atoms with Crippen LogP contribution in [0.2, 0.25) is 0 Å².